The van der Waals surface area contributed by atoms with Crippen LogP contribution in [-0.2, 0) is 9.53 Å². The number of carbonyl (C=O) groups is 1. The monoisotopic (exact) mass is 253 g/mol. The van der Waals surface area contributed by atoms with Crippen molar-refractivity contribution in [2.45, 2.75) is 6.92 Å². The van der Waals surface area contributed by atoms with E-state index in [1.807, 2.05) is 12.1 Å². The third-order valence-corrected chi connectivity index (χ3v) is 2.57. The number of methoxy groups -OCH3 is 3. The summed E-state index contributed by atoms with van der Waals surface area (Å²) in [6, 6.07) is 5.47. The molecule has 5 heteroatoms. The summed E-state index contributed by atoms with van der Waals surface area (Å²) in [7, 11) is 4.57. The van der Waals surface area contributed by atoms with Crippen LogP contribution in [-0.4, -0.2) is 33.8 Å². The van der Waals surface area contributed by atoms with Gasteiger partial charge in [0, 0.05) is 30.4 Å². The molecule has 18 heavy (non-hydrogen) atoms. The maximum absolute atomic E-state index is 11.3. The van der Waals surface area contributed by atoms with Crippen LogP contribution in [0.5, 0.6) is 11.5 Å². The van der Waals surface area contributed by atoms with Gasteiger partial charge in [0.2, 0.25) is 0 Å². The van der Waals surface area contributed by atoms with Gasteiger partial charge >= 0.3 is 5.97 Å². The Morgan fingerprint density at radius 1 is 1.17 bits per heavy atom. The summed E-state index contributed by atoms with van der Waals surface area (Å²) in [6.45, 7) is 2.29. The fraction of sp³-hybridized carbons (Fsp3) is 0.462. The van der Waals surface area contributed by atoms with Gasteiger partial charge in [0.05, 0.1) is 27.2 Å². The van der Waals surface area contributed by atoms with Crippen LogP contribution in [0.25, 0.3) is 0 Å². The van der Waals surface area contributed by atoms with Gasteiger partial charge in [0.15, 0.2) is 0 Å². The van der Waals surface area contributed by atoms with Crippen LogP contribution in [0.15, 0.2) is 18.2 Å². The predicted molar refractivity (Wildman–Crippen MR) is 69.2 cm³/mol. The average Bonchev–Trinajstić information content (AvgIpc) is 2.43. The lowest BCUT2D eigenvalue weighted by Crippen LogP contribution is -2.21. The van der Waals surface area contributed by atoms with Crippen LogP contribution in [0.2, 0.25) is 0 Å². The first kappa shape index (κ1) is 14.2. The summed E-state index contributed by atoms with van der Waals surface area (Å²) in [5.41, 5.74) is 0.835. The molecule has 5 nitrogen and oxygen atoms in total. The maximum atomic E-state index is 11.3. The molecular formula is C13H19NO4. The lowest BCUT2D eigenvalue weighted by Gasteiger charge is -2.13. The van der Waals surface area contributed by atoms with Crippen LogP contribution in [0.1, 0.15) is 6.92 Å². The van der Waals surface area contributed by atoms with E-state index in [1.54, 1.807) is 27.2 Å². The first-order valence-electron chi connectivity index (χ1n) is 5.65. The van der Waals surface area contributed by atoms with Gasteiger partial charge in [0.1, 0.15) is 11.5 Å². The molecule has 100 valence electrons. The fourth-order valence-electron chi connectivity index (χ4n) is 1.46. The van der Waals surface area contributed by atoms with E-state index < -0.39 is 0 Å². The zero-order valence-electron chi connectivity index (χ0n) is 11.1. The molecule has 0 aliphatic rings. The van der Waals surface area contributed by atoms with E-state index >= 15 is 0 Å². The van der Waals surface area contributed by atoms with E-state index in [2.05, 4.69) is 10.1 Å². The van der Waals surface area contributed by atoms with Gasteiger partial charge in [-0.1, -0.05) is 6.92 Å². The highest BCUT2D eigenvalue weighted by molar-refractivity contribution is 5.72. The topological polar surface area (TPSA) is 56.8 Å². The van der Waals surface area contributed by atoms with Crippen LogP contribution in [0, 0.1) is 5.92 Å². The van der Waals surface area contributed by atoms with Crippen LogP contribution in [0.3, 0.4) is 0 Å². The van der Waals surface area contributed by atoms with Crippen molar-refractivity contribution in [2.24, 2.45) is 5.92 Å². The molecule has 0 heterocycles. The predicted octanol–water partition coefficient (Wildman–Crippen LogP) is 1.92. The number of ether oxygens (including phenoxy) is 3. The molecule has 1 unspecified atom stereocenters. The molecule has 0 spiro atoms. The quantitative estimate of drug-likeness (QED) is 0.785. The van der Waals surface area contributed by atoms with Crippen molar-refractivity contribution >= 4 is 11.7 Å². The minimum Gasteiger partial charge on any atom is -0.497 e. The second-order valence-corrected chi connectivity index (χ2v) is 3.91. The minimum atomic E-state index is -0.239. The van der Waals surface area contributed by atoms with E-state index in [0.717, 1.165) is 5.69 Å². The summed E-state index contributed by atoms with van der Waals surface area (Å²) in [5, 5.41) is 3.15. The van der Waals surface area contributed by atoms with Crippen molar-refractivity contribution in [1.29, 1.82) is 0 Å². The van der Waals surface area contributed by atoms with Crippen molar-refractivity contribution in [3.05, 3.63) is 18.2 Å². The Balaban J connectivity index is 2.69. The smallest absolute Gasteiger partial charge is 0.310 e. The third-order valence-electron chi connectivity index (χ3n) is 2.57. The second kappa shape index (κ2) is 6.74. The number of anilines is 1. The number of benzene rings is 1. The van der Waals surface area contributed by atoms with Crippen molar-refractivity contribution < 1.29 is 19.0 Å². The Bertz CT molecular complexity index is 384. The molecule has 1 N–H and O–H groups in total. The number of rotatable bonds is 6. The largest absolute Gasteiger partial charge is 0.497 e. The Morgan fingerprint density at radius 2 is 1.72 bits per heavy atom. The second-order valence-electron chi connectivity index (χ2n) is 3.91. The summed E-state index contributed by atoms with van der Waals surface area (Å²) in [6.07, 6.45) is 0. The number of hydrogen-bond acceptors (Lipinski definition) is 5. The van der Waals surface area contributed by atoms with Crippen molar-refractivity contribution in [3.8, 4) is 11.5 Å². The molecule has 0 aliphatic carbocycles. The summed E-state index contributed by atoms with van der Waals surface area (Å²) < 4.78 is 15.0. The lowest BCUT2D eigenvalue weighted by molar-refractivity contribution is -0.144. The Kier molecular flexibility index (Phi) is 5.30. The summed E-state index contributed by atoms with van der Waals surface area (Å²) in [4.78, 5) is 11.3. The van der Waals surface area contributed by atoms with Gasteiger partial charge in [-0.3, -0.25) is 4.79 Å². The molecule has 0 saturated carbocycles. The van der Waals surface area contributed by atoms with Crippen molar-refractivity contribution in [2.75, 3.05) is 33.2 Å². The normalized spacial score (nSPS) is 11.6. The zero-order valence-corrected chi connectivity index (χ0v) is 11.1. The van der Waals surface area contributed by atoms with Crippen LogP contribution >= 0.6 is 0 Å². The molecule has 1 aromatic rings. The Morgan fingerprint density at radius 3 is 2.17 bits per heavy atom. The highest BCUT2D eigenvalue weighted by atomic mass is 16.5. The van der Waals surface area contributed by atoms with Gasteiger partial charge in [-0.25, -0.2) is 0 Å². The maximum Gasteiger partial charge on any atom is 0.310 e. The molecule has 0 aliphatic heterocycles. The van der Waals surface area contributed by atoms with Crippen molar-refractivity contribution in [3.63, 3.8) is 0 Å². The molecule has 0 bridgehead atoms. The molecular weight excluding hydrogens is 234 g/mol. The van der Waals surface area contributed by atoms with Gasteiger partial charge in [-0.2, -0.15) is 0 Å². The molecule has 1 rings (SSSR count). The first-order chi connectivity index (χ1) is 8.60. The molecule has 0 radical (unpaired) electrons. The van der Waals surface area contributed by atoms with E-state index in [9.17, 15) is 4.79 Å². The molecule has 1 aromatic carbocycles. The number of carbonyl (C=O) groups excluding carboxylic acids is 1. The zero-order chi connectivity index (χ0) is 13.5. The minimum absolute atomic E-state index is 0.216. The van der Waals surface area contributed by atoms with Crippen molar-refractivity contribution in [1.82, 2.24) is 0 Å². The lowest BCUT2D eigenvalue weighted by atomic mass is 10.2. The standard InChI is InChI=1S/C13H19NO4/c1-9(13(15)18-4)8-14-10-5-11(16-2)7-12(6-10)17-3/h5-7,9,14H,8H2,1-4H3. The van der Waals surface area contributed by atoms with E-state index in [1.165, 1.54) is 7.11 Å². The fourth-order valence-corrected chi connectivity index (χ4v) is 1.46. The molecule has 0 saturated heterocycles. The van der Waals surface area contributed by atoms with E-state index in [0.29, 0.717) is 18.0 Å². The molecule has 0 aromatic heterocycles. The highest BCUT2D eigenvalue weighted by Crippen LogP contribution is 2.25. The Hall–Kier alpha value is -1.91. The molecule has 1 atom stereocenters. The van der Waals surface area contributed by atoms with Gasteiger partial charge < -0.3 is 19.5 Å². The molecule has 0 fully saturated rings. The summed E-state index contributed by atoms with van der Waals surface area (Å²) >= 11 is 0. The third kappa shape index (κ3) is 3.84. The van der Waals surface area contributed by atoms with E-state index in [4.69, 9.17) is 9.47 Å². The number of nitrogens with one attached hydrogen (secondary N) is 1. The van der Waals surface area contributed by atoms with Crippen LogP contribution in [0.4, 0.5) is 5.69 Å². The number of esters is 1. The highest BCUT2D eigenvalue weighted by Gasteiger charge is 2.12. The van der Waals surface area contributed by atoms with E-state index in [-0.39, 0.29) is 11.9 Å². The van der Waals surface area contributed by atoms with Gasteiger partial charge in [-0.05, 0) is 0 Å². The first-order valence-corrected chi connectivity index (χ1v) is 5.65. The average molecular weight is 253 g/mol. The molecule has 0 amide bonds. The van der Waals surface area contributed by atoms with Gasteiger partial charge in [-0.15, -0.1) is 0 Å². The van der Waals surface area contributed by atoms with Gasteiger partial charge in [0.25, 0.3) is 0 Å². The SMILES string of the molecule is COC(=O)C(C)CNc1cc(OC)cc(OC)c1. The summed E-state index contributed by atoms with van der Waals surface area (Å²) in [5.74, 6) is 0.940. The number of hydrogen-bond donors (Lipinski definition) is 1. The van der Waals surface area contributed by atoms with Crippen LogP contribution < -0.4 is 14.8 Å². The Labute approximate surface area is 107 Å².